The Morgan fingerprint density at radius 1 is 0.839 bits per heavy atom. The van der Waals surface area contributed by atoms with E-state index in [0.717, 1.165) is 33.6 Å². The Labute approximate surface area is 181 Å². The Morgan fingerprint density at radius 2 is 1.52 bits per heavy atom. The van der Waals surface area contributed by atoms with Gasteiger partial charge >= 0.3 is 5.97 Å². The molecule has 4 heteroatoms. The predicted octanol–water partition coefficient (Wildman–Crippen LogP) is 5.88. The average Bonchev–Trinajstić information content (AvgIpc) is 3.21. The fraction of sp³-hybridized carbons (Fsp3) is 0.0741. The van der Waals surface area contributed by atoms with Crippen LogP contribution in [0.2, 0.25) is 0 Å². The van der Waals surface area contributed by atoms with Crippen LogP contribution in [0.5, 0.6) is 5.75 Å². The van der Waals surface area contributed by atoms with Gasteiger partial charge in [-0.15, -0.1) is 0 Å². The number of carbonyl (C=O) groups is 1. The standard InChI is InChI=1S/C27H23NO3/c29-27(30)16-13-24-18-28(19-26(24)23-9-5-2-6-10-23)17-21-11-14-25(15-12-21)31-20-22-7-3-1-4-8-22/h1-16,18-19H,17,20H2,(H,29,30). The van der Waals surface area contributed by atoms with Crippen molar-refractivity contribution in [2.75, 3.05) is 0 Å². The van der Waals surface area contributed by atoms with E-state index in [1.807, 2.05) is 79.0 Å². The molecule has 0 aliphatic carbocycles. The van der Waals surface area contributed by atoms with E-state index in [1.165, 1.54) is 6.08 Å². The highest BCUT2D eigenvalue weighted by Gasteiger charge is 2.08. The van der Waals surface area contributed by atoms with Crippen molar-refractivity contribution in [3.8, 4) is 16.9 Å². The van der Waals surface area contributed by atoms with E-state index in [9.17, 15) is 4.79 Å². The fourth-order valence-corrected chi connectivity index (χ4v) is 3.41. The van der Waals surface area contributed by atoms with E-state index < -0.39 is 5.97 Å². The summed E-state index contributed by atoms with van der Waals surface area (Å²) < 4.78 is 7.93. The first kappa shape index (κ1) is 20.2. The summed E-state index contributed by atoms with van der Waals surface area (Å²) >= 11 is 0. The lowest BCUT2D eigenvalue weighted by Crippen LogP contribution is -1.98. The predicted molar refractivity (Wildman–Crippen MR) is 123 cm³/mol. The summed E-state index contributed by atoms with van der Waals surface area (Å²) in [6.07, 6.45) is 6.84. The molecule has 0 spiro atoms. The molecule has 4 aromatic rings. The normalized spacial score (nSPS) is 11.0. The molecule has 0 bridgehead atoms. The smallest absolute Gasteiger partial charge is 0.328 e. The van der Waals surface area contributed by atoms with Crippen molar-refractivity contribution in [1.29, 1.82) is 0 Å². The number of carboxylic acid groups (broad SMARTS) is 1. The monoisotopic (exact) mass is 409 g/mol. The zero-order valence-electron chi connectivity index (χ0n) is 17.0. The number of rotatable bonds is 8. The molecule has 0 fully saturated rings. The molecule has 0 aliphatic rings. The highest BCUT2D eigenvalue weighted by molar-refractivity contribution is 5.87. The Bertz CT molecular complexity index is 1160. The SMILES string of the molecule is O=C(O)C=Cc1cn(Cc2ccc(OCc3ccccc3)cc2)cc1-c1ccccc1. The van der Waals surface area contributed by atoms with Crippen LogP contribution in [0.1, 0.15) is 16.7 Å². The van der Waals surface area contributed by atoms with Gasteiger partial charge in [-0.3, -0.25) is 0 Å². The van der Waals surface area contributed by atoms with Crippen molar-refractivity contribution in [3.05, 3.63) is 120 Å². The number of hydrogen-bond acceptors (Lipinski definition) is 2. The molecule has 31 heavy (non-hydrogen) atoms. The van der Waals surface area contributed by atoms with E-state index >= 15 is 0 Å². The van der Waals surface area contributed by atoms with E-state index in [1.54, 1.807) is 6.08 Å². The van der Waals surface area contributed by atoms with Crippen LogP contribution in [0, 0.1) is 0 Å². The van der Waals surface area contributed by atoms with Crippen LogP contribution in [0.25, 0.3) is 17.2 Å². The molecule has 0 radical (unpaired) electrons. The van der Waals surface area contributed by atoms with Gasteiger partial charge in [-0.1, -0.05) is 72.8 Å². The highest BCUT2D eigenvalue weighted by Crippen LogP contribution is 2.26. The van der Waals surface area contributed by atoms with E-state index in [2.05, 4.69) is 22.9 Å². The highest BCUT2D eigenvalue weighted by atomic mass is 16.5. The minimum Gasteiger partial charge on any atom is -0.489 e. The van der Waals surface area contributed by atoms with Gasteiger partial charge in [-0.05, 0) is 34.9 Å². The summed E-state index contributed by atoms with van der Waals surface area (Å²) in [6.45, 7) is 1.22. The number of ether oxygens (including phenoxy) is 1. The second kappa shape index (κ2) is 9.63. The van der Waals surface area contributed by atoms with Gasteiger partial charge in [-0.2, -0.15) is 0 Å². The molecule has 3 aromatic carbocycles. The Balaban J connectivity index is 1.49. The van der Waals surface area contributed by atoms with E-state index in [-0.39, 0.29) is 0 Å². The van der Waals surface area contributed by atoms with Crippen LogP contribution >= 0.6 is 0 Å². The largest absolute Gasteiger partial charge is 0.489 e. The molecule has 1 aromatic heterocycles. The maximum absolute atomic E-state index is 11.0. The van der Waals surface area contributed by atoms with Crippen molar-refractivity contribution >= 4 is 12.0 Å². The molecule has 0 aliphatic heterocycles. The molecule has 154 valence electrons. The summed E-state index contributed by atoms with van der Waals surface area (Å²) in [4.78, 5) is 11.0. The number of benzene rings is 3. The summed E-state index contributed by atoms with van der Waals surface area (Å²) in [5.74, 6) is -0.131. The molecular formula is C27H23NO3. The lowest BCUT2D eigenvalue weighted by Gasteiger charge is -2.08. The van der Waals surface area contributed by atoms with Gasteiger partial charge in [0.15, 0.2) is 0 Å². The third kappa shape index (κ3) is 5.52. The first-order chi connectivity index (χ1) is 15.2. The zero-order chi connectivity index (χ0) is 21.5. The molecule has 1 N–H and O–H groups in total. The second-order valence-corrected chi connectivity index (χ2v) is 7.26. The van der Waals surface area contributed by atoms with Gasteiger partial charge in [0.25, 0.3) is 0 Å². The van der Waals surface area contributed by atoms with Crippen molar-refractivity contribution in [2.45, 2.75) is 13.2 Å². The van der Waals surface area contributed by atoms with Crippen LogP contribution in [0.15, 0.2) is 103 Å². The van der Waals surface area contributed by atoms with E-state index in [4.69, 9.17) is 9.84 Å². The molecule has 0 saturated carbocycles. The van der Waals surface area contributed by atoms with Crippen LogP contribution in [-0.4, -0.2) is 15.6 Å². The van der Waals surface area contributed by atoms with Gasteiger partial charge in [0.2, 0.25) is 0 Å². The zero-order valence-corrected chi connectivity index (χ0v) is 17.0. The molecule has 4 nitrogen and oxygen atoms in total. The minimum absolute atomic E-state index is 0.539. The summed E-state index contributed by atoms with van der Waals surface area (Å²) in [5.41, 5.74) is 5.19. The van der Waals surface area contributed by atoms with Crippen molar-refractivity contribution in [3.63, 3.8) is 0 Å². The number of aliphatic carboxylic acids is 1. The van der Waals surface area contributed by atoms with Crippen molar-refractivity contribution in [2.24, 2.45) is 0 Å². The summed E-state index contributed by atoms with van der Waals surface area (Å²) in [5, 5.41) is 9.02. The molecule has 1 heterocycles. The fourth-order valence-electron chi connectivity index (χ4n) is 3.41. The molecule has 4 rings (SSSR count). The number of aromatic nitrogens is 1. The van der Waals surface area contributed by atoms with Gasteiger partial charge in [0, 0.05) is 36.1 Å². The third-order valence-electron chi connectivity index (χ3n) is 4.94. The Hall–Kier alpha value is -4.05. The molecular weight excluding hydrogens is 386 g/mol. The minimum atomic E-state index is -0.960. The maximum atomic E-state index is 11.0. The summed E-state index contributed by atoms with van der Waals surface area (Å²) in [7, 11) is 0. The first-order valence-corrected chi connectivity index (χ1v) is 10.1. The number of carboxylic acids is 1. The van der Waals surface area contributed by atoms with Crippen LogP contribution in [0.4, 0.5) is 0 Å². The third-order valence-corrected chi connectivity index (χ3v) is 4.94. The lowest BCUT2D eigenvalue weighted by molar-refractivity contribution is -0.131. The van der Waals surface area contributed by atoms with Crippen molar-refractivity contribution in [1.82, 2.24) is 4.57 Å². The topological polar surface area (TPSA) is 51.5 Å². The van der Waals surface area contributed by atoms with Gasteiger partial charge in [0.05, 0.1) is 0 Å². The second-order valence-electron chi connectivity index (χ2n) is 7.26. The molecule has 0 unspecified atom stereocenters. The van der Waals surface area contributed by atoms with Crippen LogP contribution in [0.3, 0.4) is 0 Å². The van der Waals surface area contributed by atoms with Crippen LogP contribution < -0.4 is 4.74 Å². The van der Waals surface area contributed by atoms with Crippen molar-refractivity contribution < 1.29 is 14.6 Å². The van der Waals surface area contributed by atoms with Crippen LogP contribution in [-0.2, 0) is 17.9 Å². The Morgan fingerprint density at radius 3 is 2.19 bits per heavy atom. The lowest BCUT2D eigenvalue weighted by atomic mass is 10.0. The summed E-state index contributed by atoms with van der Waals surface area (Å²) in [6, 6.07) is 28.1. The number of hydrogen-bond donors (Lipinski definition) is 1. The average molecular weight is 409 g/mol. The van der Waals surface area contributed by atoms with Gasteiger partial charge in [-0.25, -0.2) is 4.79 Å². The molecule has 0 saturated heterocycles. The van der Waals surface area contributed by atoms with E-state index in [0.29, 0.717) is 13.2 Å². The maximum Gasteiger partial charge on any atom is 0.328 e. The molecule has 0 atom stereocenters. The van der Waals surface area contributed by atoms with Gasteiger partial charge < -0.3 is 14.4 Å². The van der Waals surface area contributed by atoms with Gasteiger partial charge in [0.1, 0.15) is 12.4 Å². The first-order valence-electron chi connectivity index (χ1n) is 10.1. The molecule has 0 amide bonds. The number of nitrogens with zero attached hydrogens (tertiary/aromatic N) is 1. The quantitative estimate of drug-likeness (QED) is 0.370. The Kier molecular flexibility index (Phi) is 6.29.